The molecule has 78 valence electrons. The molecule has 0 bridgehead atoms. The van der Waals surface area contributed by atoms with Crippen LogP contribution < -0.4 is 11.1 Å². The summed E-state index contributed by atoms with van der Waals surface area (Å²) in [6.07, 6.45) is 1.49. The predicted molar refractivity (Wildman–Crippen MR) is 53.0 cm³/mol. The molecule has 1 heterocycles. The summed E-state index contributed by atoms with van der Waals surface area (Å²) in [4.78, 5) is 11.3. The lowest BCUT2D eigenvalue weighted by Gasteiger charge is -2.11. The van der Waals surface area contributed by atoms with Crippen LogP contribution in [0.2, 0.25) is 0 Å². The molecule has 7 heteroatoms. The van der Waals surface area contributed by atoms with Gasteiger partial charge in [0.2, 0.25) is 5.91 Å². The van der Waals surface area contributed by atoms with Crippen molar-refractivity contribution in [2.75, 3.05) is 19.0 Å². The highest BCUT2D eigenvalue weighted by molar-refractivity contribution is 7.10. The van der Waals surface area contributed by atoms with E-state index in [-0.39, 0.29) is 18.4 Å². The minimum Gasteiger partial charge on any atom is -0.380 e. The third kappa shape index (κ3) is 3.36. The van der Waals surface area contributed by atoms with E-state index in [4.69, 9.17) is 10.5 Å². The van der Waals surface area contributed by atoms with Gasteiger partial charge in [-0.2, -0.15) is 0 Å². The Kier molecular flexibility index (Phi) is 4.44. The minimum atomic E-state index is -0.240. The van der Waals surface area contributed by atoms with Gasteiger partial charge in [-0.05, 0) is 0 Å². The van der Waals surface area contributed by atoms with Crippen LogP contribution in [0.4, 0.5) is 5.00 Å². The van der Waals surface area contributed by atoms with Gasteiger partial charge in [-0.15, -0.1) is 5.10 Å². The second-order valence-corrected chi connectivity index (χ2v) is 3.41. The molecule has 0 aliphatic carbocycles. The molecule has 0 aliphatic rings. The van der Waals surface area contributed by atoms with Crippen molar-refractivity contribution in [1.29, 1.82) is 0 Å². The van der Waals surface area contributed by atoms with Crippen LogP contribution in [0.5, 0.6) is 0 Å². The zero-order chi connectivity index (χ0) is 10.4. The first-order valence-electron chi connectivity index (χ1n) is 4.06. The van der Waals surface area contributed by atoms with Crippen LogP contribution in [0.3, 0.4) is 0 Å². The van der Waals surface area contributed by atoms with Gasteiger partial charge in [-0.3, -0.25) is 4.79 Å². The number of rotatable bonds is 5. The molecular weight excluding hydrogens is 204 g/mol. The molecule has 1 aromatic heterocycles. The van der Waals surface area contributed by atoms with Crippen LogP contribution >= 0.6 is 11.5 Å². The molecule has 0 saturated heterocycles. The maximum absolute atomic E-state index is 11.3. The van der Waals surface area contributed by atoms with E-state index in [1.807, 2.05) is 0 Å². The highest BCUT2D eigenvalue weighted by Gasteiger charge is 2.11. The van der Waals surface area contributed by atoms with E-state index in [1.54, 1.807) is 0 Å². The minimum absolute atomic E-state index is 0.145. The molecule has 0 radical (unpaired) electrons. The number of hydrogen-bond donors (Lipinski definition) is 2. The Morgan fingerprint density at radius 3 is 3.14 bits per heavy atom. The summed E-state index contributed by atoms with van der Waals surface area (Å²) >= 11 is 1.13. The maximum Gasteiger partial charge on any atom is 0.227 e. The smallest absolute Gasteiger partial charge is 0.227 e. The lowest BCUT2D eigenvalue weighted by Crippen LogP contribution is -2.27. The van der Waals surface area contributed by atoms with E-state index < -0.39 is 0 Å². The molecule has 3 N–H and O–H groups in total. The number of nitrogens with zero attached hydrogens (tertiary/aromatic N) is 2. The van der Waals surface area contributed by atoms with Crippen molar-refractivity contribution in [3.05, 3.63) is 6.20 Å². The molecule has 0 aliphatic heterocycles. The van der Waals surface area contributed by atoms with Gasteiger partial charge in [-0.1, -0.05) is 4.49 Å². The van der Waals surface area contributed by atoms with Crippen molar-refractivity contribution in [2.45, 2.75) is 12.5 Å². The van der Waals surface area contributed by atoms with E-state index in [2.05, 4.69) is 14.9 Å². The Balaban J connectivity index is 2.35. The van der Waals surface area contributed by atoms with Gasteiger partial charge >= 0.3 is 0 Å². The number of hydrogen-bond acceptors (Lipinski definition) is 6. The number of ether oxygens (including phenoxy) is 1. The van der Waals surface area contributed by atoms with Gasteiger partial charge in [0.25, 0.3) is 0 Å². The fourth-order valence-corrected chi connectivity index (χ4v) is 1.32. The Labute approximate surface area is 85.6 Å². The number of amides is 1. The lowest BCUT2D eigenvalue weighted by molar-refractivity contribution is -0.118. The normalized spacial score (nSPS) is 12.4. The molecule has 1 aromatic rings. The quantitative estimate of drug-likeness (QED) is 0.713. The molecule has 1 amide bonds. The zero-order valence-electron chi connectivity index (χ0n) is 7.77. The third-order valence-corrected chi connectivity index (χ3v) is 2.21. The molecular formula is C7H12N4O2S. The van der Waals surface area contributed by atoms with Crippen LogP contribution in [-0.2, 0) is 9.53 Å². The van der Waals surface area contributed by atoms with Crippen molar-refractivity contribution in [2.24, 2.45) is 5.73 Å². The monoisotopic (exact) mass is 216 g/mol. The predicted octanol–water partition coefficient (Wildman–Crippen LogP) is -0.160. The molecule has 0 spiro atoms. The Bertz CT molecular complexity index is 273. The maximum atomic E-state index is 11.3. The summed E-state index contributed by atoms with van der Waals surface area (Å²) in [5, 5.41) is 6.86. The van der Waals surface area contributed by atoms with Crippen molar-refractivity contribution in [3.8, 4) is 0 Å². The summed E-state index contributed by atoms with van der Waals surface area (Å²) < 4.78 is 8.59. The van der Waals surface area contributed by atoms with E-state index in [0.29, 0.717) is 11.5 Å². The van der Waals surface area contributed by atoms with Gasteiger partial charge < -0.3 is 15.8 Å². The number of carbonyl (C=O) groups is 1. The highest BCUT2D eigenvalue weighted by Crippen LogP contribution is 2.09. The Morgan fingerprint density at radius 1 is 1.86 bits per heavy atom. The number of nitrogens with one attached hydrogen (secondary N) is 1. The molecule has 14 heavy (non-hydrogen) atoms. The standard InChI is InChI=1S/C7H12N4O2S/c1-13-5(3-8)2-6(12)10-7-4-9-11-14-7/h4-5H,2-3,8H2,1H3,(H,10,12). The van der Waals surface area contributed by atoms with Crippen LogP contribution in [0.25, 0.3) is 0 Å². The number of methoxy groups -OCH3 is 1. The third-order valence-electron chi connectivity index (χ3n) is 1.63. The fraction of sp³-hybridized carbons (Fsp3) is 0.571. The van der Waals surface area contributed by atoms with E-state index in [9.17, 15) is 4.79 Å². The fourth-order valence-electron chi connectivity index (χ4n) is 0.880. The topological polar surface area (TPSA) is 90.1 Å². The van der Waals surface area contributed by atoms with E-state index in [0.717, 1.165) is 11.5 Å². The molecule has 1 atom stereocenters. The molecule has 6 nitrogen and oxygen atoms in total. The van der Waals surface area contributed by atoms with Crippen LogP contribution in [0, 0.1) is 0 Å². The van der Waals surface area contributed by atoms with Gasteiger partial charge in [0.15, 0.2) is 0 Å². The van der Waals surface area contributed by atoms with Crippen LogP contribution in [0.15, 0.2) is 6.20 Å². The number of carbonyl (C=O) groups excluding carboxylic acids is 1. The number of anilines is 1. The number of aromatic nitrogens is 2. The van der Waals surface area contributed by atoms with Gasteiger partial charge in [-0.25, -0.2) is 0 Å². The summed E-state index contributed by atoms with van der Waals surface area (Å²) in [5.41, 5.74) is 5.38. The Morgan fingerprint density at radius 2 is 2.64 bits per heavy atom. The van der Waals surface area contributed by atoms with Gasteiger partial charge in [0.05, 0.1) is 18.7 Å². The summed E-state index contributed by atoms with van der Waals surface area (Å²) in [5.74, 6) is -0.145. The average Bonchev–Trinajstić information content (AvgIpc) is 2.66. The van der Waals surface area contributed by atoms with Crippen LogP contribution in [-0.4, -0.2) is 35.3 Å². The molecule has 0 aromatic carbocycles. The first kappa shape index (κ1) is 11.0. The highest BCUT2D eigenvalue weighted by atomic mass is 32.1. The van der Waals surface area contributed by atoms with Gasteiger partial charge in [0.1, 0.15) is 5.00 Å². The van der Waals surface area contributed by atoms with Crippen molar-refractivity contribution in [3.63, 3.8) is 0 Å². The molecule has 1 unspecified atom stereocenters. The molecule has 1 rings (SSSR count). The first-order valence-corrected chi connectivity index (χ1v) is 4.83. The SMILES string of the molecule is COC(CN)CC(=O)Nc1cnns1. The summed E-state index contributed by atoms with van der Waals surface area (Å²) in [7, 11) is 1.53. The van der Waals surface area contributed by atoms with Gasteiger partial charge in [0, 0.05) is 25.2 Å². The average molecular weight is 216 g/mol. The largest absolute Gasteiger partial charge is 0.380 e. The van der Waals surface area contributed by atoms with E-state index in [1.165, 1.54) is 13.3 Å². The second kappa shape index (κ2) is 5.63. The summed E-state index contributed by atoms with van der Waals surface area (Å²) in [6, 6.07) is 0. The Hall–Kier alpha value is -1.05. The molecule has 0 fully saturated rings. The first-order chi connectivity index (χ1) is 6.76. The number of nitrogens with two attached hydrogens (primary N) is 1. The zero-order valence-corrected chi connectivity index (χ0v) is 8.58. The van der Waals surface area contributed by atoms with Crippen molar-refractivity contribution in [1.82, 2.24) is 9.59 Å². The second-order valence-electron chi connectivity index (χ2n) is 2.63. The lowest BCUT2D eigenvalue weighted by atomic mass is 10.2. The van der Waals surface area contributed by atoms with Crippen molar-refractivity contribution >= 4 is 22.4 Å². The van der Waals surface area contributed by atoms with Crippen LogP contribution in [0.1, 0.15) is 6.42 Å². The molecule has 0 saturated carbocycles. The summed E-state index contributed by atoms with van der Waals surface area (Å²) in [6.45, 7) is 0.324. The van der Waals surface area contributed by atoms with Crippen molar-refractivity contribution < 1.29 is 9.53 Å². The van der Waals surface area contributed by atoms with E-state index >= 15 is 0 Å².